The minimum atomic E-state index is -0.315. The number of fused-ring (bicyclic) bond motifs is 1. The monoisotopic (exact) mass is 368 g/mol. The summed E-state index contributed by atoms with van der Waals surface area (Å²) in [5, 5.41) is 2.99. The minimum Gasteiger partial charge on any atom is -0.496 e. The first-order chi connectivity index (χ1) is 13.0. The first kappa shape index (κ1) is 18.9. The number of methoxy groups -OCH3 is 2. The lowest BCUT2D eigenvalue weighted by molar-refractivity contribution is 0.101. The van der Waals surface area contributed by atoms with E-state index in [9.17, 15) is 9.59 Å². The van der Waals surface area contributed by atoms with E-state index in [0.717, 1.165) is 30.8 Å². The number of ether oxygens (including phenoxy) is 2. The number of nitrogens with zero attached hydrogens (tertiary/aromatic N) is 1. The Labute approximate surface area is 159 Å². The first-order valence-electron chi connectivity index (χ1n) is 8.82. The average molecular weight is 368 g/mol. The van der Waals surface area contributed by atoms with Crippen molar-refractivity contribution in [2.45, 2.75) is 19.9 Å². The third-order valence-corrected chi connectivity index (χ3v) is 4.85. The van der Waals surface area contributed by atoms with Crippen LogP contribution in [0.5, 0.6) is 11.5 Å². The van der Waals surface area contributed by atoms with Crippen LogP contribution in [0, 0.1) is 0 Å². The number of Topliss-reactive ketones (excluding diaryl/α,β-unsaturated/α-hetero) is 1. The average Bonchev–Trinajstić information content (AvgIpc) is 2.66. The minimum absolute atomic E-state index is 0.224. The molecule has 0 spiro atoms. The third kappa shape index (κ3) is 3.66. The molecule has 1 aliphatic heterocycles. The summed E-state index contributed by atoms with van der Waals surface area (Å²) in [6, 6.07) is 9.17. The van der Waals surface area contributed by atoms with Gasteiger partial charge in [0.2, 0.25) is 0 Å². The van der Waals surface area contributed by atoms with Crippen LogP contribution in [0.4, 0.5) is 5.69 Å². The van der Waals surface area contributed by atoms with Crippen molar-refractivity contribution in [1.82, 2.24) is 4.90 Å². The summed E-state index contributed by atoms with van der Waals surface area (Å²) in [6.45, 7) is 3.23. The predicted molar refractivity (Wildman–Crippen MR) is 104 cm³/mol. The molecule has 0 atom stereocenters. The molecule has 0 bridgehead atoms. The molecule has 1 aliphatic rings. The number of benzene rings is 2. The van der Waals surface area contributed by atoms with Gasteiger partial charge in [-0.25, -0.2) is 0 Å². The molecule has 3 rings (SSSR count). The highest BCUT2D eigenvalue weighted by molar-refractivity contribution is 6.10. The number of carbonyl (C=O) groups is 2. The Hall–Kier alpha value is -2.86. The fraction of sp³-hybridized carbons (Fsp3) is 0.333. The molecule has 142 valence electrons. The number of hydrogen-bond donors (Lipinski definition) is 1. The standard InChI is InChI=1S/C21H24N2O4/c1-13(24)19-18(26-3)9-8-16(20(19)27-4)21(25)22-17-7-5-6-14-12-23(2)11-10-15(14)17/h5-9H,10-12H2,1-4H3,(H,22,25). The molecule has 0 unspecified atom stereocenters. The van der Waals surface area contributed by atoms with Crippen LogP contribution < -0.4 is 14.8 Å². The third-order valence-electron chi connectivity index (χ3n) is 4.85. The number of carbonyl (C=O) groups excluding carboxylic acids is 2. The molecule has 2 aromatic carbocycles. The van der Waals surface area contributed by atoms with Crippen molar-refractivity contribution in [2.24, 2.45) is 0 Å². The van der Waals surface area contributed by atoms with Crippen LogP contribution in [-0.4, -0.2) is 44.4 Å². The molecule has 0 aliphatic carbocycles. The van der Waals surface area contributed by atoms with Crippen molar-refractivity contribution in [3.8, 4) is 11.5 Å². The fourth-order valence-corrected chi connectivity index (χ4v) is 3.52. The van der Waals surface area contributed by atoms with Gasteiger partial charge >= 0.3 is 0 Å². The second kappa shape index (κ2) is 7.80. The number of nitrogens with one attached hydrogen (secondary N) is 1. The number of hydrogen-bond acceptors (Lipinski definition) is 5. The van der Waals surface area contributed by atoms with E-state index < -0.39 is 0 Å². The topological polar surface area (TPSA) is 67.9 Å². The Morgan fingerprint density at radius 2 is 1.89 bits per heavy atom. The number of likely N-dealkylation sites (N-methyl/N-ethyl adjacent to an activating group) is 1. The van der Waals surface area contributed by atoms with Crippen molar-refractivity contribution in [3.63, 3.8) is 0 Å². The maximum absolute atomic E-state index is 13.0. The van der Waals surface area contributed by atoms with E-state index in [2.05, 4.69) is 23.3 Å². The molecule has 6 nitrogen and oxygen atoms in total. The molecular formula is C21H24N2O4. The van der Waals surface area contributed by atoms with E-state index in [-0.39, 0.29) is 23.0 Å². The largest absolute Gasteiger partial charge is 0.496 e. The number of ketones is 1. The molecule has 6 heteroatoms. The Morgan fingerprint density at radius 3 is 2.56 bits per heavy atom. The quantitative estimate of drug-likeness (QED) is 0.821. The zero-order chi connectivity index (χ0) is 19.6. The normalized spacial score (nSPS) is 13.6. The molecule has 0 aromatic heterocycles. The highest BCUT2D eigenvalue weighted by Gasteiger charge is 2.24. The van der Waals surface area contributed by atoms with Crippen LogP contribution in [0.3, 0.4) is 0 Å². The first-order valence-corrected chi connectivity index (χ1v) is 8.82. The van der Waals surface area contributed by atoms with Crippen molar-refractivity contribution < 1.29 is 19.1 Å². The molecule has 27 heavy (non-hydrogen) atoms. The second-order valence-electron chi connectivity index (χ2n) is 6.66. The molecule has 1 heterocycles. The zero-order valence-electron chi connectivity index (χ0n) is 16.1. The van der Waals surface area contributed by atoms with Crippen LogP contribution in [-0.2, 0) is 13.0 Å². The lowest BCUT2D eigenvalue weighted by Crippen LogP contribution is -2.27. The maximum atomic E-state index is 13.0. The van der Waals surface area contributed by atoms with Crippen molar-refractivity contribution in [1.29, 1.82) is 0 Å². The van der Waals surface area contributed by atoms with E-state index in [1.54, 1.807) is 12.1 Å². The number of rotatable bonds is 5. The molecule has 1 N–H and O–H groups in total. The molecular weight excluding hydrogens is 344 g/mol. The second-order valence-corrected chi connectivity index (χ2v) is 6.66. The van der Waals surface area contributed by atoms with Gasteiger partial charge in [-0.2, -0.15) is 0 Å². The van der Waals surface area contributed by atoms with Crippen LogP contribution in [0.2, 0.25) is 0 Å². The Bertz CT molecular complexity index is 892. The summed E-state index contributed by atoms with van der Waals surface area (Å²) in [5.74, 6) is 0.0720. The molecule has 0 radical (unpaired) electrons. The Kier molecular flexibility index (Phi) is 5.46. The number of amides is 1. The van der Waals surface area contributed by atoms with Gasteiger partial charge in [0.05, 0.1) is 19.8 Å². The van der Waals surface area contributed by atoms with Gasteiger partial charge in [0.15, 0.2) is 5.78 Å². The van der Waals surface area contributed by atoms with Crippen molar-refractivity contribution in [3.05, 3.63) is 52.6 Å². The van der Waals surface area contributed by atoms with Gasteiger partial charge in [-0.05, 0) is 49.7 Å². The fourth-order valence-electron chi connectivity index (χ4n) is 3.52. The van der Waals surface area contributed by atoms with Crippen LogP contribution >= 0.6 is 0 Å². The van der Waals surface area contributed by atoms with E-state index in [4.69, 9.17) is 9.47 Å². The van der Waals surface area contributed by atoms with E-state index >= 15 is 0 Å². The lowest BCUT2D eigenvalue weighted by Gasteiger charge is -2.27. The Morgan fingerprint density at radius 1 is 1.11 bits per heavy atom. The number of anilines is 1. The lowest BCUT2D eigenvalue weighted by atomic mass is 9.97. The van der Waals surface area contributed by atoms with Crippen LogP contribution in [0.25, 0.3) is 0 Å². The van der Waals surface area contributed by atoms with Gasteiger partial charge in [0.25, 0.3) is 5.91 Å². The van der Waals surface area contributed by atoms with Crippen LogP contribution in [0.15, 0.2) is 30.3 Å². The molecule has 0 fully saturated rings. The van der Waals surface area contributed by atoms with Gasteiger partial charge in [-0.1, -0.05) is 12.1 Å². The van der Waals surface area contributed by atoms with Gasteiger partial charge in [-0.15, -0.1) is 0 Å². The smallest absolute Gasteiger partial charge is 0.259 e. The molecule has 2 aromatic rings. The van der Waals surface area contributed by atoms with Gasteiger partial charge in [0, 0.05) is 18.8 Å². The molecule has 1 amide bonds. The maximum Gasteiger partial charge on any atom is 0.259 e. The highest BCUT2D eigenvalue weighted by atomic mass is 16.5. The summed E-state index contributed by atoms with van der Waals surface area (Å²) in [7, 11) is 5.01. The van der Waals surface area contributed by atoms with Crippen molar-refractivity contribution >= 4 is 17.4 Å². The summed E-state index contributed by atoms with van der Waals surface area (Å²) in [4.78, 5) is 27.3. The van der Waals surface area contributed by atoms with Gasteiger partial charge < -0.3 is 19.7 Å². The molecule has 0 saturated carbocycles. The summed E-state index contributed by atoms with van der Waals surface area (Å²) in [5.41, 5.74) is 3.74. The predicted octanol–water partition coefficient (Wildman–Crippen LogP) is 3.15. The molecule has 0 saturated heterocycles. The summed E-state index contributed by atoms with van der Waals surface area (Å²) >= 11 is 0. The van der Waals surface area contributed by atoms with Crippen LogP contribution in [0.1, 0.15) is 38.8 Å². The van der Waals surface area contributed by atoms with Gasteiger partial charge in [-0.3, -0.25) is 9.59 Å². The highest BCUT2D eigenvalue weighted by Crippen LogP contribution is 2.34. The van der Waals surface area contributed by atoms with E-state index in [0.29, 0.717) is 11.3 Å². The van der Waals surface area contributed by atoms with Gasteiger partial charge in [0.1, 0.15) is 17.1 Å². The SMILES string of the molecule is COc1ccc(C(=O)Nc2cccc3c2CCN(C)C3)c(OC)c1C(C)=O. The summed E-state index contributed by atoms with van der Waals surface area (Å²) < 4.78 is 10.6. The van der Waals surface area contributed by atoms with E-state index in [1.165, 1.54) is 26.7 Å². The van der Waals surface area contributed by atoms with Crippen molar-refractivity contribution in [2.75, 3.05) is 33.1 Å². The zero-order valence-corrected chi connectivity index (χ0v) is 16.1. The summed E-state index contributed by atoms with van der Waals surface area (Å²) in [6.07, 6.45) is 0.876. The van der Waals surface area contributed by atoms with E-state index in [1.807, 2.05) is 12.1 Å². The Balaban J connectivity index is 1.97.